The molecule has 0 radical (unpaired) electrons. The average molecular weight is 413 g/mol. The minimum absolute atomic E-state index is 0.561. The zero-order valence-electron chi connectivity index (χ0n) is 21.7. The summed E-state index contributed by atoms with van der Waals surface area (Å²) in [6.45, 7) is 21.4. The highest BCUT2D eigenvalue weighted by molar-refractivity contribution is 5.18. The Hall–Kier alpha value is 0. The normalized spacial score (nSPS) is 57.3. The van der Waals surface area contributed by atoms with Gasteiger partial charge in [0, 0.05) is 0 Å². The fourth-order valence-electron chi connectivity index (χ4n) is 12.1. The molecule has 0 aromatic heterocycles. The van der Waals surface area contributed by atoms with Crippen LogP contribution in [-0.2, 0) is 0 Å². The van der Waals surface area contributed by atoms with E-state index in [9.17, 15) is 0 Å². The summed E-state index contributed by atoms with van der Waals surface area (Å²) in [7, 11) is 0. The molecule has 5 fully saturated rings. The molecule has 9 atom stereocenters. The molecular weight excluding hydrogens is 360 g/mol. The van der Waals surface area contributed by atoms with E-state index in [0.29, 0.717) is 27.1 Å². The molecule has 0 saturated heterocycles. The van der Waals surface area contributed by atoms with Gasteiger partial charge >= 0.3 is 0 Å². The predicted octanol–water partition coefficient (Wildman–Crippen LogP) is 9.13. The third-order valence-electron chi connectivity index (χ3n) is 13.6. The topological polar surface area (TPSA) is 0 Å². The zero-order valence-corrected chi connectivity index (χ0v) is 21.7. The van der Waals surface area contributed by atoms with Crippen molar-refractivity contribution in [1.82, 2.24) is 0 Å². The first kappa shape index (κ1) is 21.8. The van der Waals surface area contributed by atoms with Crippen LogP contribution in [0.2, 0.25) is 0 Å². The van der Waals surface area contributed by atoms with Gasteiger partial charge in [0.05, 0.1) is 0 Å². The van der Waals surface area contributed by atoms with Gasteiger partial charge in [-0.15, -0.1) is 0 Å². The third-order valence-corrected chi connectivity index (χ3v) is 13.6. The lowest BCUT2D eigenvalue weighted by molar-refractivity contribution is -0.241. The highest BCUT2D eigenvalue weighted by atomic mass is 14.7. The maximum atomic E-state index is 2.81. The Balaban J connectivity index is 1.52. The van der Waals surface area contributed by atoms with E-state index in [0.717, 1.165) is 35.5 Å². The molecule has 0 nitrogen and oxygen atoms in total. The minimum Gasteiger partial charge on any atom is -0.0625 e. The summed E-state index contributed by atoms with van der Waals surface area (Å²) >= 11 is 0. The summed E-state index contributed by atoms with van der Waals surface area (Å²) in [5.74, 6) is 5.79. The molecule has 0 heterocycles. The van der Waals surface area contributed by atoms with Gasteiger partial charge in [-0.05, 0) is 127 Å². The predicted molar refractivity (Wildman–Crippen MR) is 129 cm³/mol. The van der Waals surface area contributed by atoms with Crippen LogP contribution in [0.15, 0.2) is 0 Å². The van der Waals surface area contributed by atoms with Crippen LogP contribution in [0, 0.1) is 62.6 Å². The molecule has 5 aliphatic rings. The smallest absolute Gasteiger partial charge is 0.0235 e. The molecule has 5 aliphatic carbocycles. The summed E-state index contributed by atoms with van der Waals surface area (Å²) < 4.78 is 0. The highest BCUT2D eigenvalue weighted by Gasteiger charge is 2.70. The first-order chi connectivity index (χ1) is 13.9. The molecule has 0 heteroatoms. The van der Waals surface area contributed by atoms with Crippen LogP contribution in [0.5, 0.6) is 0 Å². The molecule has 0 bridgehead atoms. The maximum absolute atomic E-state index is 2.81. The van der Waals surface area contributed by atoms with E-state index in [4.69, 9.17) is 0 Å². The molecule has 0 amide bonds. The van der Waals surface area contributed by atoms with E-state index >= 15 is 0 Å². The second-order valence-corrected chi connectivity index (χ2v) is 15.1. The van der Waals surface area contributed by atoms with Crippen LogP contribution >= 0.6 is 0 Å². The van der Waals surface area contributed by atoms with E-state index < -0.39 is 0 Å². The lowest BCUT2D eigenvalue weighted by Crippen LogP contribution is -2.65. The Kier molecular flexibility index (Phi) is 4.75. The standard InChI is InChI=1S/C30H52/c1-20(2)21-12-17-27(5)22(21)13-18-29(7)24(27)10-11-25-28(6)16-9-15-26(3,4)23(28)14-19-30(25,29)8/h20-25H,9-19H2,1-8H3/t21-,22+,23+,24-,25-,27+,28+,29-,30-/m1/s1. The first-order valence-corrected chi connectivity index (χ1v) is 13.9. The van der Waals surface area contributed by atoms with Crippen LogP contribution in [0.3, 0.4) is 0 Å². The van der Waals surface area contributed by atoms with Crippen molar-refractivity contribution in [2.45, 2.75) is 126 Å². The van der Waals surface area contributed by atoms with E-state index in [1.165, 1.54) is 70.6 Å². The van der Waals surface area contributed by atoms with Gasteiger partial charge in [0.25, 0.3) is 0 Å². The summed E-state index contributed by atoms with van der Waals surface area (Å²) in [6, 6.07) is 0. The summed E-state index contributed by atoms with van der Waals surface area (Å²) in [5.41, 5.74) is 2.92. The van der Waals surface area contributed by atoms with Gasteiger partial charge in [0.15, 0.2) is 0 Å². The number of rotatable bonds is 1. The van der Waals surface area contributed by atoms with Crippen molar-refractivity contribution in [1.29, 1.82) is 0 Å². The van der Waals surface area contributed by atoms with Crippen LogP contribution in [-0.4, -0.2) is 0 Å². The van der Waals surface area contributed by atoms with Crippen molar-refractivity contribution < 1.29 is 0 Å². The molecule has 0 aliphatic heterocycles. The van der Waals surface area contributed by atoms with Crippen LogP contribution in [0.25, 0.3) is 0 Å². The fraction of sp³-hybridized carbons (Fsp3) is 1.00. The Morgan fingerprint density at radius 1 is 0.567 bits per heavy atom. The second kappa shape index (κ2) is 6.53. The Bertz CT molecular complexity index is 688. The molecule has 0 N–H and O–H groups in total. The number of fused-ring (bicyclic) bond motifs is 7. The minimum atomic E-state index is 0.561. The Morgan fingerprint density at radius 3 is 1.80 bits per heavy atom. The zero-order chi connectivity index (χ0) is 21.7. The highest BCUT2D eigenvalue weighted by Crippen LogP contribution is 2.78. The van der Waals surface area contributed by atoms with Crippen molar-refractivity contribution in [3.63, 3.8) is 0 Å². The quantitative estimate of drug-likeness (QED) is 0.402. The van der Waals surface area contributed by atoms with Gasteiger partial charge < -0.3 is 0 Å². The maximum Gasteiger partial charge on any atom is -0.0235 e. The van der Waals surface area contributed by atoms with E-state index in [-0.39, 0.29) is 0 Å². The van der Waals surface area contributed by atoms with Crippen LogP contribution in [0.1, 0.15) is 126 Å². The fourth-order valence-corrected chi connectivity index (χ4v) is 12.1. The van der Waals surface area contributed by atoms with Gasteiger partial charge in [-0.2, -0.15) is 0 Å². The van der Waals surface area contributed by atoms with Crippen molar-refractivity contribution in [2.75, 3.05) is 0 Å². The molecule has 0 aromatic carbocycles. The summed E-state index contributed by atoms with van der Waals surface area (Å²) in [6.07, 6.45) is 16.6. The monoisotopic (exact) mass is 412 g/mol. The van der Waals surface area contributed by atoms with Crippen molar-refractivity contribution in [2.24, 2.45) is 62.6 Å². The third kappa shape index (κ3) is 2.52. The van der Waals surface area contributed by atoms with E-state index in [1.807, 2.05) is 0 Å². The van der Waals surface area contributed by atoms with E-state index in [2.05, 4.69) is 55.4 Å². The molecule has 5 rings (SSSR count). The SMILES string of the molecule is CC(C)[C@H]1CC[C@]2(C)[C@H]3CC[C@@H]4[C@@]5(C)CCCC(C)(C)[C@@H]5CC[C@@]4(C)[C@]3(C)CC[C@@H]12. The molecule has 0 aromatic rings. The average Bonchev–Trinajstić information content (AvgIpc) is 2.99. The molecule has 30 heavy (non-hydrogen) atoms. The first-order valence-electron chi connectivity index (χ1n) is 13.9. The molecule has 0 unspecified atom stereocenters. The van der Waals surface area contributed by atoms with Gasteiger partial charge in [0.1, 0.15) is 0 Å². The van der Waals surface area contributed by atoms with Crippen molar-refractivity contribution in [3.05, 3.63) is 0 Å². The van der Waals surface area contributed by atoms with Gasteiger partial charge in [-0.3, -0.25) is 0 Å². The second-order valence-electron chi connectivity index (χ2n) is 15.1. The van der Waals surface area contributed by atoms with Crippen molar-refractivity contribution in [3.8, 4) is 0 Å². The van der Waals surface area contributed by atoms with Gasteiger partial charge in [0.2, 0.25) is 0 Å². The Morgan fingerprint density at radius 2 is 1.17 bits per heavy atom. The lowest BCUT2D eigenvalue weighted by Gasteiger charge is -2.73. The van der Waals surface area contributed by atoms with Crippen molar-refractivity contribution >= 4 is 0 Å². The molecule has 0 spiro atoms. The largest absolute Gasteiger partial charge is 0.0625 e. The molecule has 172 valence electrons. The summed E-state index contributed by atoms with van der Waals surface area (Å²) in [5, 5.41) is 0. The van der Waals surface area contributed by atoms with Crippen LogP contribution in [0.4, 0.5) is 0 Å². The number of hydrogen-bond acceptors (Lipinski definition) is 0. The molecular formula is C30H52. The lowest BCUT2D eigenvalue weighted by atomic mass is 9.32. The van der Waals surface area contributed by atoms with Crippen LogP contribution < -0.4 is 0 Å². The molecule has 5 saturated carbocycles. The van der Waals surface area contributed by atoms with E-state index in [1.54, 1.807) is 0 Å². The van der Waals surface area contributed by atoms with Gasteiger partial charge in [-0.1, -0.05) is 61.8 Å². The van der Waals surface area contributed by atoms with Gasteiger partial charge in [-0.25, -0.2) is 0 Å². The Labute approximate surface area is 188 Å². The summed E-state index contributed by atoms with van der Waals surface area (Å²) in [4.78, 5) is 0. The number of hydrogen-bond donors (Lipinski definition) is 0.